The molecule has 2 unspecified atom stereocenters. The van der Waals surface area contributed by atoms with Crippen LogP contribution in [0.5, 0.6) is 0 Å². The van der Waals surface area contributed by atoms with Gasteiger partial charge < -0.3 is 15.0 Å². The highest BCUT2D eigenvalue weighted by Gasteiger charge is 2.35. The second kappa shape index (κ2) is 12.3. The highest BCUT2D eigenvalue weighted by Crippen LogP contribution is 2.29. The van der Waals surface area contributed by atoms with Gasteiger partial charge in [-0.25, -0.2) is 0 Å². The van der Waals surface area contributed by atoms with Crippen LogP contribution in [-0.2, 0) is 27.3 Å². The molecule has 1 N–H and O–H groups in total. The number of carbonyl (C=O) groups excluding carboxylic acids is 2. The maximum Gasteiger partial charge on any atom is 0.231 e. The molecule has 0 radical (unpaired) electrons. The summed E-state index contributed by atoms with van der Waals surface area (Å²) in [6.45, 7) is 3.31. The van der Waals surface area contributed by atoms with Crippen LogP contribution in [0.25, 0.3) is 0 Å². The van der Waals surface area contributed by atoms with Crippen molar-refractivity contribution in [2.45, 2.75) is 74.5 Å². The van der Waals surface area contributed by atoms with Crippen LogP contribution in [0.1, 0.15) is 61.9 Å². The number of nitrogens with zero attached hydrogens (tertiary/aromatic N) is 4. The first kappa shape index (κ1) is 26.0. The number of alkyl halides is 1. The fourth-order valence-corrected chi connectivity index (χ4v) is 6.88. The Balaban J connectivity index is 1.11. The molecule has 0 aliphatic carbocycles. The van der Waals surface area contributed by atoms with Crippen molar-refractivity contribution in [2.75, 3.05) is 29.9 Å². The van der Waals surface area contributed by atoms with E-state index < -0.39 is 5.92 Å². The molecule has 3 aliphatic heterocycles. The van der Waals surface area contributed by atoms with Crippen LogP contribution in [0.4, 0.5) is 10.8 Å². The SMILES string of the molecule is O=C(Nc1nnc(CCC2CCCCO2)s1)[C@H]1CC(=O)N(c2ccc(CN3CCCCC3I)cc2)C1. The Bertz CT molecular complexity index is 1040. The fraction of sp³-hybridized carbons (Fsp3) is 0.615. The summed E-state index contributed by atoms with van der Waals surface area (Å²) in [5.74, 6) is -0.580. The molecule has 3 saturated heterocycles. The van der Waals surface area contributed by atoms with Gasteiger partial charge in [0.1, 0.15) is 5.01 Å². The predicted octanol–water partition coefficient (Wildman–Crippen LogP) is 4.78. The minimum atomic E-state index is -0.395. The lowest BCUT2D eigenvalue weighted by atomic mass is 10.1. The lowest BCUT2D eigenvalue weighted by Gasteiger charge is -2.32. The fourth-order valence-electron chi connectivity index (χ4n) is 5.21. The zero-order valence-electron chi connectivity index (χ0n) is 20.5. The molecule has 0 spiro atoms. The van der Waals surface area contributed by atoms with E-state index in [1.54, 1.807) is 4.90 Å². The molecular formula is C26H34IN5O3S. The van der Waals surface area contributed by atoms with Gasteiger partial charge in [0, 0.05) is 38.2 Å². The molecule has 36 heavy (non-hydrogen) atoms. The Kier molecular flexibility index (Phi) is 8.86. The smallest absolute Gasteiger partial charge is 0.231 e. The van der Waals surface area contributed by atoms with E-state index in [2.05, 4.69) is 55.1 Å². The number of amides is 2. The zero-order chi connectivity index (χ0) is 24.9. The summed E-state index contributed by atoms with van der Waals surface area (Å²) in [5.41, 5.74) is 2.11. The molecule has 8 nitrogen and oxygen atoms in total. The molecule has 0 saturated carbocycles. The number of halogens is 1. The summed E-state index contributed by atoms with van der Waals surface area (Å²) in [7, 11) is 0. The van der Waals surface area contributed by atoms with Gasteiger partial charge in [-0.3, -0.25) is 14.5 Å². The standard InChI is InChI=1S/C26H34IN5O3S/c27-22-6-1-3-13-31(22)16-18-7-9-20(10-8-18)32-17-19(15-24(32)33)25(34)28-26-30-29-23(36-26)12-11-21-5-2-4-14-35-21/h7-10,19,21-22H,1-6,11-17H2,(H,28,30,34)/t19-,21?,22?/m0/s1. The molecule has 5 rings (SSSR count). The number of hydrogen-bond acceptors (Lipinski definition) is 7. The number of aromatic nitrogens is 2. The van der Waals surface area contributed by atoms with Gasteiger partial charge in [0.15, 0.2) is 0 Å². The topological polar surface area (TPSA) is 87.7 Å². The Morgan fingerprint density at radius 2 is 1.97 bits per heavy atom. The van der Waals surface area contributed by atoms with E-state index in [-0.39, 0.29) is 18.2 Å². The van der Waals surface area contributed by atoms with E-state index in [4.69, 9.17) is 4.74 Å². The average Bonchev–Trinajstić information content (AvgIpc) is 3.51. The van der Waals surface area contributed by atoms with Crippen molar-refractivity contribution in [1.82, 2.24) is 15.1 Å². The monoisotopic (exact) mass is 623 g/mol. The minimum Gasteiger partial charge on any atom is -0.378 e. The van der Waals surface area contributed by atoms with Crippen LogP contribution < -0.4 is 10.2 Å². The van der Waals surface area contributed by atoms with Gasteiger partial charge in [0.05, 0.1) is 16.1 Å². The maximum atomic E-state index is 12.9. The van der Waals surface area contributed by atoms with Crippen LogP contribution >= 0.6 is 33.9 Å². The molecule has 3 aliphatic rings. The van der Waals surface area contributed by atoms with E-state index in [1.165, 1.54) is 42.6 Å². The highest BCUT2D eigenvalue weighted by molar-refractivity contribution is 14.1. The van der Waals surface area contributed by atoms with Crippen molar-refractivity contribution in [3.05, 3.63) is 34.8 Å². The zero-order valence-corrected chi connectivity index (χ0v) is 23.5. The molecule has 194 valence electrons. The first-order valence-corrected chi connectivity index (χ1v) is 15.1. The van der Waals surface area contributed by atoms with Crippen LogP contribution in [-0.4, -0.2) is 56.8 Å². The van der Waals surface area contributed by atoms with E-state index in [0.717, 1.165) is 56.1 Å². The van der Waals surface area contributed by atoms with Gasteiger partial charge in [-0.2, -0.15) is 0 Å². The number of rotatable bonds is 8. The average molecular weight is 624 g/mol. The van der Waals surface area contributed by atoms with Gasteiger partial charge in [-0.15, -0.1) is 10.2 Å². The summed E-state index contributed by atoms with van der Waals surface area (Å²) >= 11 is 3.95. The Labute approximate surface area is 230 Å². The maximum absolute atomic E-state index is 12.9. The number of likely N-dealkylation sites (tertiary alicyclic amines) is 1. The van der Waals surface area contributed by atoms with Crippen LogP contribution in [0, 0.1) is 5.92 Å². The van der Waals surface area contributed by atoms with Crippen molar-refractivity contribution < 1.29 is 14.3 Å². The third-order valence-electron chi connectivity index (χ3n) is 7.31. The predicted molar refractivity (Wildman–Crippen MR) is 149 cm³/mol. The van der Waals surface area contributed by atoms with Gasteiger partial charge in [-0.05, 0) is 69.2 Å². The summed E-state index contributed by atoms with van der Waals surface area (Å²) in [4.78, 5) is 29.9. The Morgan fingerprint density at radius 3 is 2.75 bits per heavy atom. The van der Waals surface area contributed by atoms with Crippen molar-refractivity contribution in [3.8, 4) is 0 Å². The number of hydrogen-bond donors (Lipinski definition) is 1. The molecule has 3 fully saturated rings. The first-order valence-electron chi connectivity index (χ1n) is 13.1. The summed E-state index contributed by atoms with van der Waals surface area (Å²) in [5, 5.41) is 12.7. The van der Waals surface area contributed by atoms with Gasteiger partial charge in [0.25, 0.3) is 0 Å². The number of carbonyl (C=O) groups is 2. The first-order chi connectivity index (χ1) is 17.5. The van der Waals surface area contributed by atoms with Crippen LogP contribution in [0.3, 0.4) is 0 Å². The van der Waals surface area contributed by atoms with Gasteiger partial charge >= 0.3 is 0 Å². The van der Waals surface area contributed by atoms with E-state index in [0.29, 0.717) is 21.8 Å². The summed E-state index contributed by atoms with van der Waals surface area (Å²) in [6, 6.07) is 8.23. The number of aryl methyl sites for hydroxylation is 1. The van der Waals surface area contributed by atoms with Gasteiger partial charge in [0.2, 0.25) is 16.9 Å². The molecule has 1 aromatic carbocycles. The number of benzene rings is 1. The molecule has 1 aromatic heterocycles. The van der Waals surface area contributed by atoms with E-state index >= 15 is 0 Å². The molecule has 2 amide bonds. The van der Waals surface area contributed by atoms with E-state index in [9.17, 15) is 9.59 Å². The largest absolute Gasteiger partial charge is 0.378 e. The molecule has 0 bridgehead atoms. The second-order valence-electron chi connectivity index (χ2n) is 9.99. The highest BCUT2D eigenvalue weighted by atomic mass is 127. The van der Waals surface area contributed by atoms with Crippen molar-refractivity contribution >= 4 is 56.6 Å². The minimum absolute atomic E-state index is 0.0170. The van der Waals surface area contributed by atoms with Crippen LogP contribution in [0.15, 0.2) is 24.3 Å². The molecule has 3 atom stereocenters. The number of piperidine rings is 1. The second-order valence-corrected chi connectivity index (χ2v) is 12.5. The number of ether oxygens (including phenoxy) is 1. The number of nitrogens with one attached hydrogen (secondary N) is 1. The lowest BCUT2D eigenvalue weighted by Crippen LogP contribution is -2.34. The number of anilines is 2. The quantitative estimate of drug-likeness (QED) is 0.259. The lowest BCUT2D eigenvalue weighted by molar-refractivity contribution is -0.122. The van der Waals surface area contributed by atoms with Crippen LogP contribution in [0.2, 0.25) is 0 Å². The van der Waals surface area contributed by atoms with Gasteiger partial charge in [-0.1, -0.05) is 46.1 Å². The molecular weight excluding hydrogens is 589 g/mol. The Morgan fingerprint density at radius 1 is 1.14 bits per heavy atom. The Hall–Kier alpha value is -1.63. The molecule has 2 aromatic rings. The third kappa shape index (κ3) is 6.62. The third-order valence-corrected chi connectivity index (χ3v) is 9.62. The molecule has 4 heterocycles. The summed E-state index contributed by atoms with van der Waals surface area (Å²) < 4.78 is 6.38. The summed E-state index contributed by atoms with van der Waals surface area (Å²) in [6.07, 6.45) is 9.55. The van der Waals surface area contributed by atoms with E-state index in [1.807, 2.05) is 12.1 Å². The molecule has 10 heteroatoms. The van der Waals surface area contributed by atoms with Crippen molar-refractivity contribution in [2.24, 2.45) is 5.92 Å². The normalized spacial score (nSPS) is 25.3. The van der Waals surface area contributed by atoms with Crippen molar-refractivity contribution in [1.29, 1.82) is 0 Å². The van der Waals surface area contributed by atoms with Crippen molar-refractivity contribution in [3.63, 3.8) is 0 Å².